The van der Waals surface area contributed by atoms with Gasteiger partial charge in [0.25, 0.3) is 0 Å². The lowest BCUT2D eigenvalue weighted by Crippen LogP contribution is -2.27. The fraction of sp³-hybridized carbons (Fsp3) is 0. The maximum Gasteiger partial charge on any atom is 0.528 e. The molecule has 0 radical (unpaired) electrons. The maximum atomic E-state index is 9.44. The van der Waals surface area contributed by atoms with Gasteiger partial charge in [-0.05, 0) is 0 Å². The smallest absolute Gasteiger partial charge is 0.450 e. The first-order valence-electron chi connectivity index (χ1n) is 2.53. The Morgan fingerprint density at radius 1 is 0.800 bits per heavy atom. The average Bonchev–Trinajstić information content (AvgIpc) is 1.81. The van der Waals surface area contributed by atoms with E-state index >= 15 is 0 Å². The van der Waals surface area contributed by atoms with Crippen molar-refractivity contribution >= 4 is 24.6 Å². The van der Waals surface area contributed by atoms with Gasteiger partial charge >= 0.3 is 24.6 Å². The van der Waals surface area contributed by atoms with E-state index in [4.69, 9.17) is 30.0 Å². The number of carbonyl (C=O) groups is 4. The fourth-order valence-electron chi connectivity index (χ4n) is 0.144. The number of cyclic esters (lactones) is 4. The molecular weight excluding hydrogens is 224 g/mol. The summed E-state index contributed by atoms with van der Waals surface area (Å²) in [6.45, 7) is 0. The van der Waals surface area contributed by atoms with E-state index < -0.39 is 24.6 Å². The van der Waals surface area contributed by atoms with Crippen LogP contribution in [-0.4, -0.2) is 50.5 Å². The van der Waals surface area contributed by atoms with E-state index in [-0.39, 0.29) is 5.48 Å². The molecule has 1 aliphatic heterocycles. The molecule has 1 saturated heterocycles. The van der Waals surface area contributed by atoms with Crippen LogP contribution < -0.4 is 0 Å². The van der Waals surface area contributed by atoms with Crippen molar-refractivity contribution in [1.82, 2.24) is 0 Å². The van der Waals surface area contributed by atoms with Gasteiger partial charge in [0, 0.05) is 0 Å². The predicted molar refractivity (Wildman–Crippen MR) is 37.9 cm³/mol. The molecule has 0 unspecified atom stereocenters. The van der Waals surface area contributed by atoms with Gasteiger partial charge in [0.2, 0.25) is 0 Å². The molecule has 0 amide bonds. The summed E-state index contributed by atoms with van der Waals surface area (Å²) in [5.41, 5.74) is 0. The summed E-state index contributed by atoms with van der Waals surface area (Å²) in [7, 11) is 0. The summed E-state index contributed by atoms with van der Waals surface area (Å²) in [6.07, 6.45) is -5.50. The standard InChI is InChI=1S/C2O4.2CH2O3.H2O/c3-1-5-2(4)6-1;2*2-1(3)4;/h;2*(H2,2,3,4);1H2. The Hall–Kier alpha value is -2.56. The molecule has 0 bridgehead atoms. The van der Waals surface area contributed by atoms with Crippen LogP contribution in [0.3, 0.4) is 0 Å². The number of carbonyl (C=O) groups excluding carboxylic acids is 2. The Kier molecular flexibility index (Phi) is 11.6. The highest BCUT2D eigenvalue weighted by molar-refractivity contribution is 5.93. The second-order valence-electron chi connectivity index (χ2n) is 1.27. The van der Waals surface area contributed by atoms with E-state index in [1.807, 2.05) is 0 Å². The largest absolute Gasteiger partial charge is 0.528 e. The van der Waals surface area contributed by atoms with Crippen LogP contribution in [0.15, 0.2) is 0 Å². The van der Waals surface area contributed by atoms with Crippen LogP contribution >= 0.6 is 0 Å². The van der Waals surface area contributed by atoms with Gasteiger partial charge in [-0.1, -0.05) is 0 Å². The summed E-state index contributed by atoms with van der Waals surface area (Å²) in [6, 6.07) is 0. The van der Waals surface area contributed by atoms with Gasteiger partial charge in [-0.2, -0.15) is 0 Å². The van der Waals surface area contributed by atoms with Crippen LogP contribution in [0.5, 0.6) is 0 Å². The Morgan fingerprint density at radius 3 is 0.933 bits per heavy atom. The Bertz CT molecular complexity index is 199. The average molecular weight is 230 g/mol. The molecular formula is C4H6O11. The summed E-state index contributed by atoms with van der Waals surface area (Å²) < 4.78 is 7.28. The Labute approximate surface area is 80.4 Å². The van der Waals surface area contributed by atoms with Crippen LogP contribution in [0.1, 0.15) is 0 Å². The lowest BCUT2D eigenvalue weighted by Gasteiger charge is -2.05. The molecule has 0 spiro atoms. The number of ether oxygens (including phenoxy) is 2. The summed E-state index contributed by atoms with van der Waals surface area (Å²) >= 11 is 0. The molecule has 0 aromatic rings. The zero-order valence-corrected chi connectivity index (χ0v) is 6.74. The van der Waals surface area contributed by atoms with Gasteiger partial charge in [-0.15, -0.1) is 0 Å². The number of rotatable bonds is 0. The fourth-order valence-corrected chi connectivity index (χ4v) is 0.144. The van der Waals surface area contributed by atoms with Crippen LogP contribution in [0, 0.1) is 0 Å². The highest BCUT2D eigenvalue weighted by atomic mass is 16.9. The second-order valence-corrected chi connectivity index (χ2v) is 1.27. The van der Waals surface area contributed by atoms with Gasteiger partial charge in [0.15, 0.2) is 0 Å². The maximum absolute atomic E-state index is 9.44. The van der Waals surface area contributed by atoms with Crippen LogP contribution in [0.2, 0.25) is 0 Å². The molecule has 1 fully saturated rings. The van der Waals surface area contributed by atoms with Crippen LogP contribution in [0.4, 0.5) is 19.2 Å². The first-order valence-corrected chi connectivity index (χ1v) is 2.53. The molecule has 11 heteroatoms. The van der Waals surface area contributed by atoms with Gasteiger partial charge < -0.3 is 35.4 Å². The number of carboxylic acid groups (broad SMARTS) is 4. The minimum Gasteiger partial charge on any atom is -0.450 e. The van der Waals surface area contributed by atoms with Crippen LogP contribution in [0.25, 0.3) is 0 Å². The van der Waals surface area contributed by atoms with Crippen molar-refractivity contribution in [1.29, 1.82) is 0 Å². The first kappa shape index (κ1) is 18.3. The zero-order valence-electron chi connectivity index (χ0n) is 6.74. The molecule has 1 heterocycles. The topological polar surface area (TPSA) is 199 Å². The van der Waals surface area contributed by atoms with Crippen molar-refractivity contribution in [3.8, 4) is 0 Å². The molecule has 88 valence electrons. The third kappa shape index (κ3) is 34.4. The van der Waals surface area contributed by atoms with Crippen molar-refractivity contribution in [3.63, 3.8) is 0 Å². The van der Waals surface area contributed by atoms with Crippen molar-refractivity contribution in [2.45, 2.75) is 0 Å². The summed E-state index contributed by atoms with van der Waals surface area (Å²) in [5.74, 6) is 0. The molecule has 11 nitrogen and oxygen atoms in total. The van der Waals surface area contributed by atoms with Gasteiger partial charge in [0.1, 0.15) is 0 Å². The van der Waals surface area contributed by atoms with E-state index in [0.717, 1.165) is 0 Å². The SMILES string of the molecule is O.O=C(O)O.O=C(O)O.O=C1OC(=O)O1. The molecule has 15 heavy (non-hydrogen) atoms. The molecule has 6 N–H and O–H groups in total. The van der Waals surface area contributed by atoms with E-state index in [9.17, 15) is 9.59 Å². The van der Waals surface area contributed by atoms with Crippen molar-refractivity contribution in [2.75, 3.05) is 0 Å². The second kappa shape index (κ2) is 9.53. The minimum atomic E-state index is -1.83. The van der Waals surface area contributed by atoms with E-state index in [2.05, 4.69) is 9.47 Å². The summed E-state index contributed by atoms with van der Waals surface area (Å²) in [5, 5.41) is 27.9. The van der Waals surface area contributed by atoms with Gasteiger partial charge in [-0.3, -0.25) is 0 Å². The van der Waals surface area contributed by atoms with Gasteiger partial charge in [0.05, 0.1) is 0 Å². The van der Waals surface area contributed by atoms with E-state index in [1.165, 1.54) is 0 Å². The molecule has 0 aliphatic carbocycles. The van der Waals surface area contributed by atoms with E-state index in [0.29, 0.717) is 0 Å². The Morgan fingerprint density at radius 2 is 0.933 bits per heavy atom. The normalized spacial score (nSPS) is 10.4. The third-order valence-corrected chi connectivity index (χ3v) is 0.333. The molecule has 0 aromatic carbocycles. The Balaban J connectivity index is -0.000000145. The molecule has 1 aliphatic rings. The van der Waals surface area contributed by atoms with E-state index in [1.54, 1.807) is 0 Å². The predicted octanol–water partition coefficient (Wildman–Crippen LogP) is -0.107. The first-order chi connectivity index (χ1) is 6.25. The third-order valence-electron chi connectivity index (χ3n) is 0.333. The highest BCUT2D eigenvalue weighted by Gasteiger charge is 2.27. The molecule has 1 rings (SSSR count). The lowest BCUT2D eigenvalue weighted by molar-refractivity contribution is 0.00674. The number of hydrogen-bond acceptors (Lipinski definition) is 6. The molecule has 0 saturated carbocycles. The zero-order chi connectivity index (χ0) is 11.7. The number of hydrogen-bond donors (Lipinski definition) is 4. The lowest BCUT2D eigenvalue weighted by atomic mass is 11.1. The minimum absolute atomic E-state index is 0. The quantitative estimate of drug-likeness (QED) is 0.321. The van der Waals surface area contributed by atoms with Crippen molar-refractivity contribution in [3.05, 3.63) is 0 Å². The molecule has 0 atom stereocenters. The van der Waals surface area contributed by atoms with Crippen molar-refractivity contribution < 1.29 is 54.6 Å². The van der Waals surface area contributed by atoms with Gasteiger partial charge in [-0.25, -0.2) is 19.2 Å². The van der Waals surface area contributed by atoms with Crippen molar-refractivity contribution in [2.24, 2.45) is 0 Å². The molecule has 0 aromatic heterocycles. The highest BCUT2D eigenvalue weighted by Crippen LogP contribution is 2.00. The monoisotopic (exact) mass is 230 g/mol. The summed E-state index contributed by atoms with van der Waals surface area (Å²) in [4.78, 5) is 36.0. The van der Waals surface area contributed by atoms with Crippen LogP contribution in [-0.2, 0) is 9.47 Å².